The van der Waals surface area contributed by atoms with Crippen LogP contribution in [0.3, 0.4) is 0 Å². The molecule has 1 aliphatic carbocycles. The Morgan fingerprint density at radius 3 is 2.89 bits per heavy atom. The van der Waals surface area contributed by atoms with Crippen LogP contribution in [0.2, 0.25) is 0 Å². The van der Waals surface area contributed by atoms with Crippen molar-refractivity contribution in [2.24, 2.45) is 0 Å². The number of nitrogens with two attached hydrogens (primary N) is 1. The summed E-state index contributed by atoms with van der Waals surface area (Å²) in [4.78, 5) is 0. The molecule has 1 heterocycles. The third-order valence-electron chi connectivity index (χ3n) is 3.86. The van der Waals surface area contributed by atoms with Crippen molar-refractivity contribution in [2.75, 3.05) is 12.8 Å². The SMILES string of the molecule is COC1CC(n2nnnc2-c2cccc(N)c2C)C1. The minimum absolute atomic E-state index is 0.316. The van der Waals surface area contributed by atoms with Gasteiger partial charge in [-0.3, -0.25) is 0 Å². The average Bonchev–Trinajstić information content (AvgIpc) is 2.80. The standard InChI is InChI=1S/C13H17N5O/c1-8-11(4-3-5-12(8)14)13-15-16-17-18(13)9-6-10(7-9)19-2/h3-5,9-10H,6-7,14H2,1-2H3. The number of tetrazole rings is 1. The van der Waals surface area contributed by atoms with E-state index < -0.39 is 0 Å². The summed E-state index contributed by atoms with van der Waals surface area (Å²) in [5.74, 6) is 0.782. The molecule has 0 saturated heterocycles. The smallest absolute Gasteiger partial charge is 0.182 e. The molecule has 0 unspecified atom stereocenters. The van der Waals surface area contributed by atoms with Gasteiger partial charge < -0.3 is 10.5 Å². The number of nitrogens with zero attached hydrogens (tertiary/aromatic N) is 4. The number of aromatic nitrogens is 4. The molecule has 19 heavy (non-hydrogen) atoms. The normalized spacial score (nSPS) is 22.2. The zero-order valence-electron chi connectivity index (χ0n) is 11.1. The molecule has 1 aromatic carbocycles. The first kappa shape index (κ1) is 12.1. The molecule has 100 valence electrons. The molecule has 1 aromatic heterocycles. The molecule has 0 bridgehead atoms. The lowest BCUT2D eigenvalue weighted by Crippen LogP contribution is -2.33. The van der Waals surface area contributed by atoms with E-state index in [1.807, 2.05) is 29.8 Å². The number of hydrogen-bond acceptors (Lipinski definition) is 5. The highest BCUT2D eigenvalue weighted by atomic mass is 16.5. The van der Waals surface area contributed by atoms with E-state index in [0.717, 1.165) is 35.5 Å². The van der Waals surface area contributed by atoms with Crippen LogP contribution in [-0.4, -0.2) is 33.4 Å². The third-order valence-corrected chi connectivity index (χ3v) is 3.86. The Morgan fingerprint density at radius 1 is 1.37 bits per heavy atom. The number of benzene rings is 1. The minimum atomic E-state index is 0.316. The van der Waals surface area contributed by atoms with Crippen molar-refractivity contribution in [3.63, 3.8) is 0 Å². The summed E-state index contributed by atoms with van der Waals surface area (Å²) in [7, 11) is 1.74. The van der Waals surface area contributed by atoms with Crippen LogP contribution in [-0.2, 0) is 4.74 Å². The lowest BCUT2D eigenvalue weighted by atomic mass is 9.89. The molecule has 0 aliphatic heterocycles. The molecular formula is C13H17N5O. The van der Waals surface area contributed by atoms with Gasteiger partial charge in [-0.1, -0.05) is 12.1 Å². The van der Waals surface area contributed by atoms with Gasteiger partial charge in [-0.2, -0.15) is 0 Å². The summed E-state index contributed by atoms with van der Waals surface area (Å²) in [5.41, 5.74) is 8.71. The fourth-order valence-corrected chi connectivity index (χ4v) is 2.44. The largest absolute Gasteiger partial charge is 0.398 e. The van der Waals surface area contributed by atoms with Crippen molar-refractivity contribution in [1.82, 2.24) is 20.2 Å². The van der Waals surface area contributed by atoms with E-state index in [0.29, 0.717) is 12.1 Å². The first-order valence-corrected chi connectivity index (χ1v) is 6.37. The Hall–Kier alpha value is -1.95. The molecule has 0 atom stereocenters. The highest BCUT2D eigenvalue weighted by molar-refractivity contribution is 5.67. The van der Waals surface area contributed by atoms with E-state index in [1.54, 1.807) is 7.11 Å². The van der Waals surface area contributed by atoms with E-state index in [9.17, 15) is 0 Å². The van der Waals surface area contributed by atoms with E-state index in [4.69, 9.17) is 10.5 Å². The number of nitrogen functional groups attached to an aromatic ring is 1. The zero-order chi connectivity index (χ0) is 13.4. The Kier molecular flexibility index (Phi) is 2.94. The lowest BCUT2D eigenvalue weighted by molar-refractivity contribution is 0.00248. The monoisotopic (exact) mass is 259 g/mol. The van der Waals surface area contributed by atoms with Crippen molar-refractivity contribution < 1.29 is 4.74 Å². The molecular weight excluding hydrogens is 242 g/mol. The van der Waals surface area contributed by atoms with Gasteiger partial charge in [0, 0.05) is 18.4 Å². The predicted octanol–water partition coefficient (Wildman–Crippen LogP) is 1.58. The molecule has 1 saturated carbocycles. The number of anilines is 1. The lowest BCUT2D eigenvalue weighted by Gasteiger charge is -2.34. The second kappa shape index (κ2) is 4.62. The van der Waals surface area contributed by atoms with Gasteiger partial charge in [-0.15, -0.1) is 5.10 Å². The van der Waals surface area contributed by atoms with E-state index in [1.165, 1.54) is 0 Å². The quantitative estimate of drug-likeness (QED) is 0.847. The molecule has 0 amide bonds. The molecule has 2 N–H and O–H groups in total. The maximum atomic E-state index is 5.95. The van der Waals surface area contributed by atoms with Crippen LogP contribution < -0.4 is 5.73 Å². The van der Waals surface area contributed by atoms with Crippen LogP contribution in [0.1, 0.15) is 24.4 Å². The summed E-state index contributed by atoms with van der Waals surface area (Å²) in [6, 6.07) is 6.13. The van der Waals surface area contributed by atoms with Crippen molar-refractivity contribution >= 4 is 5.69 Å². The van der Waals surface area contributed by atoms with Crippen LogP contribution in [0.5, 0.6) is 0 Å². The number of methoxy groups -OCH3 is 1. The van der Waals surface area contributed by atoms with Gasteiger partial charge in [-0.25, -0.2) is 4.68 Å². The second-order valence-electron chi connectivity index (χ2n) is 4.95. The maximum Gasteiger partial charge on any atom is 0.182 e. The van der Waals surface area contributed by atoms with E-state index >= 15 is 0 Å². The van der Waals surface area contributed by atoms with Crippen LogP contribution in [0.4, 0.5) is 5.69 Å². The first-order valence-electron chi connectivity index (χ1n) is 6.37. The van der Waals surface area contributed by atoms with Gasteiger partial charge in [0.25, 0.3) is 0 Å². The molecule has 1 fully saturated rings. The van der Waals surface area contributed by atoms with E-state index in [2.05, 4.69) is 15.5 Å². The van der Waals surface area contributed by atoms with Crippen molar-refractivity contribution in [1.29, 1.82) is 0 Å². The van der Waals surface area contributed by atoms with Crippen LogP contribution in [0, 0.1) is 6.92 Å². The second-order valence-corrected chi connectivity index (χ2v) is 4.95. The van der Waals surface area contributed by atoms with Crippen molar-refractivity contribution in [3.05, 3.63) is 23.8 Å². The average molecular weight is 259 g/mol. The fourth-order valence-electron chi connectivity index (χ4n) is 2.44. The highest BCUT2D eigenvalue weighted by Gasteiger charge is 2.33. The zero-order valence-corrected chi connectivity index (χ0v) is 11.1. The summed E-state index contributed by atoms with van der Waals surface area (Å²) < 4.78 is 7.19. The first-order chi connectivity index (χ1) is 9.20. The Labute approximate surface area is 111 Å². The highest BCUT2D eigenvalue weighted by Crippen LogP contribution is 2.36. The van der Waals surface area contributed by atoms with Gasteiger partial charge in [0.2, 0.25) is 0 Å². The predicted molar refractivity (Wildman–Crippen MR) is 71.5 cm³/mol. The van der Waals surface area contributed by atoms with Gasteiger partial charge in [0.15, 0.2) is 5.82 Å². The fraction of sp³-hybridized carbons (Fsp3) is 0.462. The molecule has 1 aliphatic rings. The van der Waals surface area contributed by atoms with Gasteiger partial charge >= 0.3 is 0 Å². The third kappa shape index (κ3) is 1.98. The van der Waals surface area contributed by atoms with Crippen LogP contribution >= 0.6 is 0 Å². The molecule has 2 aromatic rings. The molecule has 3 rings (SSSR count). The van der Waals surface area contributed by atoms with Crippen LogP contribution in [0.15, 0.2) is 18.2 Å². The number of hydrogen-bond donors (Lipinski definition) is 1. The number of ether oxygens (including phenoxy) is 1. The molecule has 6 nitrogen and oxygen atoms in total. The Balaban J connectivity index is 1.94. The molecule has 6 heteroatoms. The van der Waals surface area contributed by atoms with Gasteiger partial charge in [-0.05, 0) is 41.8 Å². The Morgan fingerprint density at radius 2 is 2.16 bits per heavy atom. The summed E-state index contributed by atoms with van der Waals surface area (Å²) in [5, 5.41) is 12.1. The Bertz CT molecular complexity index is 588. The van der Waals surface area contributed by atoms with E-state index in [-0.39, 0.29) is 0 Å². The van der Waals surface area contributed by atoms with Gasteiger partial charge in [0.05, 0.1) is 12.1 Å². The summed E-state index contributed by atoms with van der Waals surface area (Å²) >= 11 is 0. The molecule has 0 radical (unpaired) electrons. The van der Waals surface area contributed by atoms with Crippen molar-refractivity contribution in [3.8, 4) is 11.4 Å². The summed E-state index contributed by atoms with van der Waals surface area (Å²) in [6.07, 6.45) is 2.23. The topological polar surface area (TPSA) is 78.8 Å². The minimum Gasteiger partial charge on any atom is -0.398 e. The number of rotatable bonds is 3. The maximum absolute atomic E-state index is 5.95. The summed E-state index contributed by atoms with van der Waals surface area (Å²) in [6.45, 7) is 1.99. The van der Waals surface area contributed by atoms with Crippen molar-refractivity contribution in [2.45, 2.75) is 31.9 Å². The molecule has 0 spiro atoms. The van der Waals surface area contributed by atoms with Crippen LogP contribution in [0.25, 0.3) is 11.4 Å². The van der Waals surface area contributed by atoms with Gasteiger partial charge in [0.1, 0.15) is 0 Å².